The molecular formula is C22H20F2N2O4S. The SMILES string of the molecule is COc1ccc(S(=O)(=O)N(C)c2ccc(C(=O)Nc3c(F)cccc3F)cc2C)cc1. The Bertz CT molecular complexity index is 1210. The highest BCUT2D eigenvalue weighted by atomic mass is 32.2. The van der Waals surface area contributed by atoms with E-state index in [9.17, 15) is 22.0 Å². The van der Waals surface area contributed by atoms with Gasteiger partial charge in [0.05, 0.1) is 17.7 Å². The summed E-state index contributed by atoms with van der Waals surface area (Å²) in [6.07, 6.45) is 0. The summed E-state index contributed by atoms with van der Waals surface area (Å²) in [7, 11) is -0.972. The van der Waals surface area contributed by atoms with Crippen molar-refractivity contribution in [1.82, 2.24) is 0 Å². The summed E-state index contributed by atoms with van der Waals surface area (Å²) in [6, 6.07) is 13.5. The largest absolute Gasteiger partial charge is 0.497 e. The number of ether oxygens (including phenoxy) is 1. The number of hydrogen-bond acceptors (Lipinski definition) is 4. The second-order valence-electron chi connectivity index (χ2n) is 6.70. The van der Waals surface area contributed by atoms with Crippen LogP contribution in [0.1, 0.15) is 15.9 Å². The maximum absolute atomic E-state index is 13.8. The predicted octanol–water partition coefficient (Wildman–Crippen LogP) is 4.36. The van der Waals surface area contributed by atoms with Crippen LogP contribution in [0, 0.1) is 18.6 Å². The molecule has 0 unspecified atom stereocenters. The Kier molecular flexibility index (Phi) is 6.26. The minimum Gasteiger partial charge on any atom is -0.497 e. The first-order valence-electron chi connectivity index (χ1n) is 9.14. The van der Waals surface area contributed by atoms with Gasteiger partial charge in [0, 0.05) is 12.6 Å². The number of sulfonamides is 1. The smallest absolute Gasteiger partial charge is 0.264 e. The molecule has 0 aliphatic heterocycles. The number of carbonyl (C=O) groups excluding carboxylic acids is 1. The summed E-state index contributed by atoms with van der Waals surface area (Å²) in [6.45, 7) is 1.63. The number of nitrogens with one attached hydrogen (secondary N) is 1. The lowest BCUT2D eigenvalue weighted by atomic mass is 10.1. The number of rotatable bonds is 6. The zero-order valence-electron chi connectivity index (χ0n) is 17.0. The monoisotopic (exact) mass is 446 g/mol. The average molecular weight is 446 g/mol. The molecular weight excluding hydrogens is 426 g/mol. The first kappa shape index (κ1) is 22.2. The minimum atomic E-state index is -3.85. The number of methoxy groups -OCH3 is 1. The molecule has 31 heavy (non-hydrogen) atoms. The van der Waals surface area contributed by atoms with Crippen LogP contribution in [0.3, 0.4) is 0 Å². The molecule has 1 N–H and O–H groups in total. The Balaban J connectivity index is 1.86. The summed E-state index contributed by atoms with van der Waals surface area (Å²) < 4.78 is 59.6. The van der Waals surface area contributed by atoms with E-state index in [2.05, 4.69) is 5.32 Å². The molecule has 0 aliphatic rings. The van der Waals surface area contributed by atoms with Gasteiger partial charge in [0.15, 0.2) is 0 Å². The molecule has 0 aliphatic carbocycles. The Morgan fingerprint density at radius 2 is 1.61 bits per heavy atom. The van der Waals surface area contributed by atoms with Crippen molar-refractivity contribution in [2.75, 3.05) is 23.8 Å². The molecule has 0 heterocycles. The molecule has 9 heteroatoms. The molecule has 162 valence electrons. The maximum Gasteiger partial charge on any atom is 0.264 e. The molecule has 3 aromatic carbocycles. The average Bonchev–Trinajstić information content (AvgIpc) is 2.75. The topological polar surface area (TPSA) is 75.7 Å². The highest BCUT2D eigenvalue weighted by molar-refractivity contribution is 7.92. The van der Waals surface area contributed by atoms with Crippen LogP contribution in [-0.4, -0.2) is 28.5 Å². The van der Waals surface area contributed by atoms with Crippen LogP contribution in [0.5, 0.6) is 5.75 Å². The van der Waals surface area contributed by atoms with E-state index in [-0.39, 0.29) is 10.5 Å². The third kappa shape index (κ3) is 4.51. The van der Waals surface area contributed by atoms with E-state index in [1.165, 1.54) is 50.6 Å². The lowest BCUT2D eigenvalue weighted by Crippen LogP contribution is -2.27. The number of amides is 1. The molecule has 0 saturated carbocycles. The summed E-state index contributed by atoms with van der Waals surface area (Å²) in [4.78, 5) is 12.5. The Morgan fingerprint density at radius 3 is 2.16 bits per heavy atom. The van der Waals surface area contributed by atoms with Crippen molar-refractivity contribution in [2.45, 2.75) is 11.8 Å². The minimum absolute atomic E-state index is 0.0760. The number of para-hydroxylation sites is 1. The lowest BCUT2D eigenvalue weighted by molar-refractivity contribution is 0.102. The second-order valence-corrected chi connectivity index (χ2v) is 8.67. The fourth-order valence-corrected chi connectivity index (χ4v) is 4.25. The molecule has 1 amide bonds. The first-order valence-corrected chi connectivity index (χ1v) is 10.6. The normalized spacial score (nSPS) is 11.1. The number of hydrogen-bond donors (Lipinski definition) is 1. The molecule has 0 spiro atoms. The van der Waals surface area contributed by atoms with Gasteiger partial charge in [-0.3, -0.25) is 9.10 Å². The van der Waals surface area contributed by atoms with Crippen molar-refractivity contribution in [3.05, 3.63) is 83.4 Å². The number of carbonyl (C=O) groups is 1. The number of aryl methyl sites for hydroxylation is 1. The molecule has 3 rings (SSSR count). The second kappa shape index (κ2) is 8.73. The van der Waals surface area contributed by atoms with Crippen LogP contribution >= 0.6 is 0 Å². The third-order valence-electron chi connectivity index (χ3n) is 4.72. The Morgan fingerprint density at radius 1 is 1.00 bits per heavy atom. The van der Waals surface area contributed by atoms with E-state index in [0.717, 1.165) is 16.4 Å². The van der Waals surface area contributed by atoms with Crippen molar-refractivity contribution in [1.29, 1.82) is 0 Å². The molecule has 0 fully saturated rings. The van der Waals surface area contributed by atoms with E-state index < -0.39 is 33.3 Å². The van der Waals surface area contributed by atoms with Crippen LogP contribution in [0.4, 0.5) is 20.2 Å². The van der Waals surface area contributed by atoms with Gasteiger partial charge < -0.3 is 10.1 Å². The van der Waals surface area contributed by atoms with E-state index >= 15 is 0 Å². The van der Waals surface area contributed by atoms with Gasteiger partial charge in [0.1, 0.15) is 23.1 Å². The van der Waals surface area contributed by atoms with Crippen LogP contribution in [0.25, 0.3) is 0 Å². The molecule has 3 aromatic rings. The molecule has 0 bridgehead atoms. The van der Waals surface area contributed by atoms with Crippen molar-refractivity contribution < 1.29 is 26.7 Å². The van der Waals surface area contributed by atoms with Crippen molar-refractivity contribution in [3.63, 3.8) is 0 Å². The summed E-state index contributed by atoms with van der Waals surface area (Å²) in [5, 5.41) is 2.20. The van der Waals surface area contributed by atoms with Gasteiger partial charge in [-0.2, -0.15) is 0 Å². The van der Waals surface area contributed by atoms with Crippen molar-refractivity contribution >= 4 is 27.3 Å². The highest BCUT2D eigenvalue weighted by Crippen LogP contribution is 2.28. The van der Waals surface area contributed by atoms with Gasteiger partial charge in [-0.05, 0) is 67.1 Å². The molecule has 0 saturated heterocycles. The van der Waals surface area contributed by atoms with Crippen molar-refractivity contribution in [3.8, 4) is 5.75 Å². The van der Waals surface area contributed by atoms with E-state index in [0.29, 0.717) is 17.0 Å². The fraction of sp³-hybridized carbons (Fsp3) is 0.136. The van der Waals surface area contributed by atoms with Crippen LogP contribution in [-0.2, 0) is 10.0 Å². The van der Waals surface area contributed by atoms with Crippen LogP contribution in [0.2, 0.25) is 0 Å². The van der Waals surface area contributed by atoms with Gasteiger partial charge >= 0.3 is 0 Å². The van der Waals surface area contributed by atoms with Crippen molar-refractivity contribution in [2.24, 2.45) is 0 Å². The van der Waals surface area contributed by atoms with Gasteiger partial charge in [0.2, 0.25) is 0 Å². The van der Waals surface area contributed by atoms with E-state index in [1.54, 1.807) is 19.1 Å². The number of anilines is 2. The van der Waals surface area contributed by atoms with Gasteiger partial charge in [0.25, 0.3) is 15.9 Å². The molecule has 0 atom stereocenters. The van der Waals surface area contributed by atoms with Gasteiger partial charge in [-0.25, -0.2) is 17.2 Å². The van der Waals surface area contributed by atoms with Gasteiger partial charge in [-0.15, -0.1) is 0 Å². The Hall–Kier alpha value is -3.46. The van der Waals surface area contributed by atoms with Crippen LogP contribution in [0.15, 0.2) is 65.6 Å². The molecule has 0 radical (unpaired) electrons. The zero-order valence-corrected chi connectivity index (χ0v) is 17.8. The Labute approximate surface area is 179 Å². The van der Waals surface area contributed by atoms with E-state index in [4.69, 9.17) is 4.74 Å². The lowest BCUT2D eigenvalue weighted by Gasteiger charge is -2.22. The number of benzene rings is 3. The molecule has 6 nitrogen and oxygen atoms in total. The number of nitrogens with zero attached hydrogens (tertiary/aromatic N) is 1. The summed E-state index contributed by atoms with van der Waals surface area (Å²) in [5.41, 5.74) is 0.415. The highest BCUT2D eigenvalue weighted by Gasteiger charge is 2.23. The fourth-order valence-electron chi connectivity index (χ4n) is 2.99. The third-order valence-corrected chi connectivity index (χ3v) is 6.50. The zero-order chi connectivity index (χ0) is 22.8. The standard InChI is InChI=1S/C22H20F2N2O4S/c1-14-13-15(22(27)25-21-18(23)5-4-6-19(21)24)7-12-20(14)26(2)31(28,29)17-10-8-16(30-3)9-11-17/h4-13H,1-3H3,(H,25,27). The van der Waals surface area contributed by atoms with Crippen LogP contribution < -0.4 is 14.4 Å². The summed E-state index contributed by atoms with van der Waals surface area (Å²) >= 11 is 0. The number of halogens is 2. The first-order chi connectivity index (χ1) is 14.6. The van der Waals surface area contributed by atoms with Gasteiger partial charge in [-0.1, -0.05) is 6.07 Å². The molecule has 0 aromatic heterocycles. The predicted molar refractivity (Wildman–Crippen MR) is 114 cm³/mol. The van der Waals surface area contributed by atoms with E-state index in [1.807, 2.05) is 0 Å². The maximum atomic E-state index is 13.8. The quantitative estimate of drug-likeness (QED) is 0.611. The summed E-state index contributed by atoms with van der Waals surface area (Å²) in [5.74, 6) is -1.99.